The molecule has 0 amide bonds. The number of aliphatic hydroxyl groups is 1. The van der Waals surface area contributed by atoms with E-state index in [1.54, 1.807) is 0 Å². The van der Waals surface area contributed by atoms with E-state index in [0.717, 1.165) is 30.2 Å². The molecule has 0 heterocycles. The van der Waals surface area contributed by atoms with Crippen molar-refractivity contribution in [1.29, 1.82) is 0 Å². The summed E-state index contributed by atoms with van der Waals surface area (Å²) in [5.74, 6) is 0.802. The van der Waals surface area contributed by atoms with Crippen molar-refractivity contribution >= 4 is 41.7 Å². The molecule has 2 aromatic carbocycles. The van der Waals surface area contributed by atoms with Gasteiger partial charge in [-0.2, -0.15) is 0 Å². The molecular formula is C20H28IN3OS. The Morgan fingerprint density at radius 2 is 1.69 bits per heavy atom. The van der Waals surface area contributed by atoms with E-state index in [2.05, 4.69) is 53.7 Å². The Morgan fingerprint density at radius 3 is 2.35 bits per heavy atom. The smallest absolute Gasteiger partial charge is 0.191 e. The Hall–Kier alpha value is -1.25. The molecule has 142 valence electrons. The molecule has 0 aliphatic heterocycles. The summed E-state index contributed by atoms with van der Waals surface area (Å²) >= 11 is 1.85. The highest BCUT2D eigenvalue weighted by atomic mass is 127. The Balaban J connectivity index is 0.00000338. The number of guanidine groups is 1. The first-order chi connectivity index (χ1) is 12.2. The average Bonchev–Trinajstić information content (AvgIpc) is 2.65. The summed E-state index contributed by atoms with van der Waals surface area (Å²) < 4.78 is 0. The minimum atomic E-state index is 0. The first kappa shape index (κ1) is 22.8. The fraction of sp³-hybridized carbons (Fsp3) is 0.350. The third kappa shape index (κ3) is 7.97. The van der Waals surface area contributed by atoms with Crippen molar-refractivity contribution in [2.75, 3.05) is 13.1 Å². The largest absolute Gasteiger partial charge is 0.392 e. The molecule has 0 aliphatic rings. The third-order valence-corrected chi connectivity index (χ3v) is 4.79. The van der Waals surface area contributed by atoms with Gasteiger partial charge >= 0.3 is 0 Å². The highest BCUT2D eigenvalue weighted by Crippen LogP contribution is 2.21. The summed E-state index contributed by atoms with van der Waals surface area (Å²) in [4.78, 5) is 5.92. The van der Waals surface area contributed by atoms with E-state index in [1.165, 1.54) is 4.90 Å². The molecule has 2 rings (SSSR count). The number of nitrogens with one attached hydrogen (secondary N) is 2. The molecule has 0 spiro atoms. The minimum absolute atomic E-state index is 0. The molecule has 6 heteroatoms. The number of nitrogens with zero attached hydrogens (tertiary/aromatic N) is 1. The van der Waals surface area contributed by atoms with E-state index in [4.69, 9.17) is 0 Å². The standard InChI is InChI=1S/C20H27N3OS.HI/c1-3-21-20(23-14-17-9-7-8-10-18(17)15-24)22-13-16(2)25-19-11-5-4-6-12-19;/h4-12,16,24H,3,13-15H2,1-2H3,(H2,21,22,23);1H. The van der Waals surface area contributed by atoms with Gasteiger partial charge in [0.05, 0.1) is 13.2 Å². The molecule has 0 fully saturated rings. The van der Waals surface area contributed by atoms with Crippen LogP contribution in [0.5, 0.6) is 0 Å². The van der Waals surface area contributed by atoms with E-state index in [9.17, 15) is 5.11 Å². The molecule has 4 nitrogen and oxygen atoms in total. The van der Waals surface area contributed by atoms with Crippen molar-refractivity contribution in [3.05, 3.63) is 65.7 Å². The van der Waals surface area contributed by atoms with Gasteiger partial charge in [0, 0.05) is 23.2 Å². The van der Waals surface area contributed by atoms with Gasteiger partial charge in [0.15, 0.2) is 5.96 Å². The lowest BCUT2D eigenvalue weighted by atomic mass is 10.1. The van der Waals surface area contributed by atoms with Crippen molar-refractivity contribution in [3.63, 3.8) is 0 Å². The summed E-state index contributed by atoms with van der Waals surface area (Å²) in [6, 6.07) is 18.3. The van der Waals surface area contributed by atoms with Gasteiger partial charge < -0.3 is 15.7 Å². The number of hydrogen-bond acceptors (Lipinski definition) is 3. The number of rotatable bonds is 8. The maximum absolute atomic E-state index is 9.42. The van der Waals surface area contributed by atoms with E-state index < -0.39 is 0 Å². The average molecular weight is 485 g/mol. The van der Waals surface area contributed by atoms with Gasteiger partial charge in [-0.25, -0.2) is 4.99 Å². The second kappa shape index (κ2) is 13.0. The molecule has 1 atom stereocenters. The molecule has 0 radical (unpaired) electrons. The van der Waals surface area contributed by atoms with Crippen LogP contribution in [0.15, 0.2) is 64.5 Å². The summed E-state index contributed by atoms with van der Waals surface area (Å²) in [5, 5.41) is 16.5. The Kier molecular flexibility index (Phi) is 11.4. The van der Waals surface area contributed by atoms with E-state index in [0.29, 0.717) is 11.8 Å². The van der Waals surface area contributed by atoms with Crippen LogP contribution < -0.4 is 10.6 Å². The number of benzene rings is 2. The zero-order valence-corrected chi connectivity index (χ0v) is 18.5. The van der Waals surface area contributed by atoms with Gasteiger partial charge in [-0.15, -0.1) is 35.7 Å². The predicted octanol–water partition coefficient (Wildman–Crippen LogP) is 4.03. The molecule has 0 aliphatic carbocycles. The van der Waals surface area contributed by atoms with Gasteiger partial charge in [0.25, 0.3) is 0 Å². The van der Waals surface area contributed by atoms with E-state index in [-0.39, 0.29) is 30.6 Å². The van der Waals surface area contributed by atoms with Gasteiger partial charge in [0.2, 0.25) is 0 Å². The molecule has 1 unspecified atom stereocenters. The van der Waals surface area contributed by atoms with Crippen LogP contribution in [0.3, 0.4) is 0 Å². The van der Waals surface area contributed by atoms with Crippen molar-refractivity contribution < 1.29 is 5.11 Å². The monoisotopic (exact) mass is 485 g/mol. The predicted molar refractivity (Wildman–Crippen MR) is 122 cm³/mol. The molecule has 2 aromatic rings. The highest BCUT2D eigenvalue weighted by molar-refractivity contribution is 14.0. The first-order valence-corrected chi connectivity index (χ1v) is 9.52. The summed E-state index contributed by atoms with van der Waals surface area (Å²) in [6.45, 7) is 6.49. The van der Waals surface area contributed by atoms with Crippen LogP contribution in [0.25, 0.3) is 0 Å². The van der Waals surface area contributed by atoms with Crippen molar-refractivity contribution in [2.45, 2.75) is 37.1 Å². The number of thioether (sulfide) groups is 1. The highest BCUT2D eigenvalue weighted by Gasteiger charge is 2.06. The quantitative estimate of drug-likeness (QED) is 0.229. The Morgan fingerprint density at radius 1 is 1.04 bits per heavy atom. The first-order valence-electron chi connectivity index (χ1n) is 8.64. The third-order valence-electron chi connectivity index (χ3n) is 3.68. The SMILES string of the molecule is CCNC(=NCc1ccccc1CO)NCC(C)Sc1ccccc1.I. The molecule has 0 saturated carbocycles. The topological polar surface area (TPSA) is 56.7 Å². The van der Waals surface area contributed by atoms with Crippen LogP contribution >= 0.6 is 35.7 Å². The van der Waals surface area contributed by atoms with Crippen LogP contribution in [-0.2, 0) is 13.2 Å². The zero-order chi connectivity index (χ0) is 17.9. The number of aliphatic imine (C=N–C) groups is 1. The fourth-order valence-electron chi connectivity index (χ4n) is 2.39. The number of halogens is 1. The fourth-order valence-corrected chi connectivity index (χ4v) is 3.33. The summed E-state index contributed by atoms with van der Waals surface area (Å²) in [6.07, 6.45) is 0. The van der Waals surface area contributed by atoms with Crippen LogP contribution in [-0.4, -0.2) is 29.4 Å². The minimum Gasteiger partial charge on any atom is -0.392 e. The van der Waals surface area contributed by atoms with Crippen LogP contribution in [0.4, 0.5) is 0 Å². The molecule has 0 bridgehead atoms. The molecule has 0 aromatic heterocycles. The second-order valence-electron chi connectivity index (χ2n) is 5.74. The lowest BCUT2D eigenvalue weighted by molar-refractivity contribution is 0.280. The maximum Gasteiger partial charge on any atom is 0.191 e. The van der Waals surface area contributed by atoms with Gasteiger partial charge in [-0.3, -0.25) is 0 Å². The van der Waals surface area contributed by atoms with Crippen LogP contribution in [0.2, 0.25) is 0 Å². The van der Waals surface area contributed by atoms with Crippen LogP contribution in [0, 0.1) is 0 Å². The zero-order valence-electron chi connectivity index (χ0n) is 15.3. The second-order valence-corrected chi connectivity index (χ2v) is 7.26. The normalized spacial score (nSPS) is 12.2. The maximum atomic E-state index is 9.42. The van der Waals surface area contributed by atoms with Gasteiger partial charge in [0.1, 0.15) is 0 Å². The van der Waals surface area contributed by atoms with Gasteiger partial charge in [-0.05, 0) is 30.2 Å². The molecular weight excluding hydrogens is 457 g/mol. The van der Waals surface area contributed by atoms with E-state index >= 15 is 0 Å². The van der Waals surface area contributed by atoms with Crippen molar-refractivity contribution in [3.8, 4) is 0 Å². The molecule has 3 N–H and O–H groups in total. The molecule has 0 saturated heterocycles. The molecule has 26 heavy (non-hydrogen) atoms. The number of aliphatic hydroxyl groups excluding tert-OH is 1. The van der Waals surface area contributed by atoms with Crippen LogP contribution in [0.1, 0.15) is 25.0 Å². The van der Waals surface area contributed by atoms with Crippen molar-refractivity contribution in [2.24, 2.45) is 4.99 Å². The Bertz CT molecular complexity index is 667. The summed E-state index contributed by atoms with van der Waals surface area (Å²) in [7, 11) is 0. The lowest BCUT2D eigenvalue weighted by Gasteiger charge is -2.16. The van der Waals surface area contributed by atoms with Gasteiger partial charge in [-0.1, -0.05) is 49.4 Å². The lowest BCUT2D eigenvalue weighted by Crippen LogP contribution is -2.40. The van der Waals surface area contributed by atoms with E-state index in [1.807, 2.05) is 42.1 Å². The van der Waals surface area contributed by atoms with Crippen molar-refractivity contribution in [1.82, 2.24) is 10.6 Å². The summed E-state index contributed by atoms with van der Waals surface area (Å²) in [5.41, 5.74) is 1.98. The number of hydrogen-bond donors (Lipinski definition) is 3. The Labute approximate surface area is 177 Å².